The Morgan fingerprint density at radius 2 is 1.75 bits per heavy atom. The van der Waals surface area contributed by atoms with Crippen molar-refractivity contribution in [3.8, 4) is 6.07 Å². The highest BCUT2D eigenvalue weighted by Crippen LogP contribution is 2.11. The van der Waals surface area contributed by atoms with Gasteiger partial charge in [0.25, 0.3) is 0 Å². The number of benzene rings is 1. The molecule has 0 radical (unpaired) electrons. The van der Waals surface area contributed by atoms with Gasteiger partial charge in [0.2, 0.25) is 17.2 Å². The van der Waals surface area contributed by atoms with Gasteiger partial charge in [-0.15, -0.1) is 0 Å². The molecule has 0 fully saturated rings. The first kappa shape index (κ1) is 14.0. The van der Waals surface area contributed by atoms with Gasteiger partial charge < -0.3 is 10.6 Å². The molecule has 2 rings (SSSR count). The van der Waals surface area contributed by atoms with Crippen LogP contribution in [0.1, 0.15) is 18.1 Å². The van der Waals surface area contributed by atoms with E-state index < -0.39 is 0 Å². The van der Waals surface area contributed by atoms with Gasteiger partial charge in [0.1, 0.15) is 0 Å². The molecule has 0 atom stereocenters. The van der Waals surface area contributed by atoms with Crippen LogP contribution in [0, 0.1) is 11.3 Å². The molecule has 102 valence electrons. The zero-order chi connectivity index (χ0) is 14.4. The van der Waals surface area contributed by atoms with Gasteiger partial charge in [-0.05, 0) is 36.2 Å². The minimum Gasteiger partial charge on any atom is -0.354 e. The predicted octanol–water partition coefficient (Wildman–Crippen LogP) is 2.44. The predicted molar refractivity (Wildman–Crippen MR) is 77.5 cm³/mol. The molecule has 2 aromatic rings. The summed E-state index contributed by atoms with van der Waals surface area (Å²) in [6.07, 6.45) is 0. The van der Waals surface area contributed by atoms with Crippen molar-refractivity contribution in [3.63, 3.8) is 0 Å². The maximum atomic E-state index is 8.73. The van der Waals surface area contributed by atoms with E-state index in [4.69, 9.17) is 16.9 Å². The van der Waals surface area contributed by atoms with Gasteiger partial charge in [0.05, 0.1) is 11.6 Å². The first-order chi connectivity index (χ1) is 9.71. The smallest absolute Gasteiger partial charge is 0.229 e. The third kappa shape index (κ3) is 3.80. The lowest BCUT2D eigenvalue weighted by Crippen LogP contribution is -2.08. The van der Waals surface area contributed by atoms with E-state index in [1.807, 2.05) is 19.1 Å². The standard InChI is InChI=1S/C13H13ClN6/c1-2-16-12-18-11(14)19-13(20-12)17-8-10-5-3-9(7-15)4-6-10/h3-6H,2,8H2,1H3,(H2,16,17,18,19,20). The van der Waals surface area contributed by atoms with Crippen molar-refractivity contribution in [2.75, 3.05) is 17.2 Å². The van der Waals surface area contributed by atoms with Crippen molar-refractivity contribution in [2.24, 2.45) is 0 Å². The van der Waals surface area contributed by atoms with Crippen molar-refractivity contribution in [1.29, 1.82) is 5.26 Å². The molecule has 0 unspecified atom stereocenters. The normalized spacial score (nSPS) is 9.85. The Kier molecular flexibility index (Phi) is 4.69. The summed E-state index contributed by atoms with van der Waals surface area (Å²) in [5.74, 6) is 0.847. The van der Waals surface area contributed by atoms with E-state index in [9.17, 15) is 0 Å². The third-order valence-electron chi connectivity index (χ3n) is 2.48. The average molecular weight is 289 g/mol. The fraction of sp³-hybridized carbons (Fsp3) is 0.231. The summed E-state index contributed by atoms with van der Waals surface area (Å²) < 4.78 is 0. The number of aromatic nitrogens is 3. The van der Waals surface area contributed by atoms with E-state index in [2.05, 4.69) is 31.7 Å². The molecule has 0 aliphatic rings. The number of halogens is 1. The summed E-state index contributed by atoms with van der Waals surface area (Å²) in [4.78, 5) is 12.2. The lowest BCUT2D eigenvalue weighted by molar-refractivity contribution is 0.987. The Labute approximate surface area is 121 Å². The van der Waals surface area contributed by atoms with E-state index in [1.54, 1.807) is 12.1 Å². The second kappa shape index (κ2) is 6.68. The molecule has 0 aliphatic heterocycles. The molecule has 6 nitrogen and oxygen atoms in total. The van der Waals surface area contributed by atoms with Crippen molar-refractivity contribution < 1.29 is 0 Å². The lowest BCUT2D eigenvalue weighted by Gasteiger charge is -2.07. The summed E-state index contributed by atoms with van der Waals surface area (Å²) >= 11 is 5.83. The van der Waals surface area contributed by atoms with Crippen LogP contribution in [0.5, 0.6) is 0 Å². The number of nitriles is 1. The Morgan fingerprint density at radius 3 is 2.35 bits per heavy atom. The van der Waals surface area contributed by atoms with Crippen molar-refractivity contribution in [1.82, 2.24) is 15.0 Å². The molecule has 1 aromatic carbocycles. The van der Waals surface area contributed by atoms with Gasteiger partial charge in [-0.3, -0.25) is 0 Å². The van der Waals surface area contributed by atoms with Gasteiger partial charge >= 0.3 is 0 Å². The second-order valence-electron chi connectivity index (χ2n) is 3.94. The number of hydrogen-bond acceptors (Lipinski definition) is 6. The fourth-order valence-corrected chi connectivity index (χ4v) is 1.70. The quantitative estimate of drug-likeness (QED) is 0.879. The molecule has 0 saturated carbocycles. The van der Waals surface area contributed by atoms with Crippen molar-refractivity contribution >= 4 is 23.5 Å². The first-order valence-electron chi connectivity index (χ1n) is 6.09. The van der Waals surface area contributed by atoms with Crippen LogP contribution in [0.2, 0.25) is 5.28 Å². The van der Waals surface area contributed by atoms with Crippen LogP contribution in [0.25, 0.3) is 0 Å². The number of nitrogens with one attached hydrogen (secondary N) is 2. The third-order valence-corrected chi connectivity index (χ3v) is 2.65. The summed E-state index contributed by atoms with van der Waals surface area (Å²) in [5.41, 5.74) is 1.65. The van der Waals surface area contributed by atoms with Crippen LogP contribution >= 0.6 is 11.6 Å². The average Bonchev–Trinajstić information content (AvgIpc) is 2.45. The van der Waals surface area contributed by atoms with E-state index in [0.717, 1.165) is 5.56 Å². The Hall–Kier alpha value is -2.39. The SMILES string of the molecule is CCNc1nc(Cl)nc(NCc2ccc(C#N)cc2)n1. The summed E-state index contributed by atoms with van der Waals surface area (Å²) in [7, 11) is 0. The number of hydrogen-bond donors (Lipinski definition) is 2. The summed E-state index contributed by atoms with van der Waals surface area (Å²) in [6.45, 7) is 3.19. The molecule has 0 amide bonds. The zero-order valence-electron chi connectivity index (χ0n) is 10.9. The number of rotatable bonds is 5. The van der Waals surface area contributed by atoms with Crippen molar-refractivity contribution in [3.05, 3.63) is 40.7 Å². The second-order valence-corrected chi connectivity index (χ2v) is 4.28. The Bertz CT molecular complexity index is 620. The molecular formula is C13H13ClN6. The largest absolute Gasteiger partial charge is 0.354 e. The van der Waals surface area contributed by atoms with Crippen LogP contribution in [-0.4, -0.2) is 21.5 Å². The maximum absolute atomic E-state index is 8.73. The summed E-state index contributed by atoms with van der Waals surface area (Å²) in [6, 6.07) is 9.36. The minimum atomic E-state index is 0.137. The van der Waals surface area contributed by atoms with Gasteiger partial charge in [-0.25, -0.2) is 0 Å². The first-order valence-corrected chi connectivity index (χ1v) is 6.47. The van der Waals surface area contributed by atoms with E-state index in [0.29, 0.717) is 30.5 Å². The minimum absolute atomic E-state index is 0.137. The summed E-state index contributed by atoms with van der Waals surface area (Å²) in [5, 5.41) is 14.9. The molecule has 0 bridgehead atoms. The molecule has 1 aromatic heterocycles. The topological polar surface area (TPSA) is 86.5 Å². The molecule has 0 spiro atoms. The molecule has 1 heterocycles. The van der Waals surface area contributed by atoms with Crippen molar-refractivity contribution in [2.45, 2.75) is 13.5 Å². The highest BCUT2D eigenvalue weighted by atomic mass is 35.5. The van der Waals surface area contributed by atoms with Crippen LogP contribution < -0.4 is 10.6 Å². The van der Waals surface area contributed by atoms with E-state index >= 15 is 0 Å². The van der Waals surface area contributed by atoms with Gasteiger partial charge in [-0.2, -0.15) is 20.2 Å². The molecule has 2 N–H and O–H groups in total. The van der Waals surface area contributed by atoms with Gasteiger partial charge in [-0.1, -0.05) is 12.1 Å². The molecular weight excluding hydrogens is 276 g/mol. The number of anilines is 2. The highest BCUT2D eigenvalue weighted by Gasteiger charge is 2.04. The van der Waals surface area contributed by atoms with Gasteiger partial charge in [0.15, 0.2) is 0 Å². The lowest BCUT2D eigenvalue weighted by atomic mass is 10.1. The molecule has 0 saturated heterocycles. The van der Waals surface area contributed by atoms with E-state index in [-0.39, 0.29) is 5.28 Å². The van der Waals surface area contributed by atoms with E-state index in [1.165, 1.54) is 0 Å². The maximum Gasteiger partial charge on any atom is 0.229 e. The van der Waals surface area contributed by atoms with Crippen LogP contribution in [0.15, 0.2) is 24.3 Å². The molecule has 20 heavy (non-hydrogen) atoms. The van der Waals surface area contributed by atoms with Crippen LogP contribution in [-0.2, 0) is 6.54 Å². The van der Waals surface area contributed by atoms with Crippen LogP contribution in [0.3, 0.4) is 0 Å². The fourth-order valence-electron chi connectivity index (χ4n) is 1.54. The highest BCUT2D eigenvalue weighted by molar-refractivity contribution is 6.28. The Balaban J connectivity index is 2.04. The monoisotopic (exact) mass is 288 g/mol. The van der Waals surface area contributed by atoms with Crippen LogP contribution in [0.4, 0.5) is 11.9 Å². The number of nitrogens with zero attached hydrogens (tertiary/aromatic N) is 4. The molecule has 0 aliphatic carbocycles. The Morgan fingerprint density at radius 1 is 1.10 bits per heavy atom. The zero-order valence-corrected chi connectivity index (χ0v) is 11.6. The van der Waals surface area contributed by atoms with Gasteiger partial charge in [0, 0.05) is 13.1 Å². The molecule has 7 heteroatoms.